The number of nitrogens with zero attached hydrogens (tertiary/aromatic N) is 6. The van der Waals surface area contributed by atoms with E-state index in [1.54, 1.807) is 18.7 Å². The van der Waals surface area contributed by atoms with Crippen LogP contribution in [0.5, 0.6) is 0 Å². The number of hydrogen-bond donors (Lipinski definition) is 2. The Kier molecular flexibility index (Phi) is 6.02. The van der Waals surface area contributed by atoms with E-state index in [1.165, 1.54) is 19.2 Å². The van der Waals surface area contributed by atoms with Crippen LogP contribution in [-0.2, 0) is 11.8 Å². The molecule has 0 aromatic carbocycles. The summed E-state index contributed by atoms with van der Waals surface area (Å²) in [5.74, 6) is -1.56. The second kappa shape index (κ2) is 8.83. The molecule has 1 unspecified atom stereocenters. The molecule has 4 rings (SSSR count). The Morgan fingerprint density at radius 3 is 2.51 bits per heavy atom. The zero-order chi connectivity index (χ0) is 25.6. The minimum atomic E-state index is -2.89. The molecule has 12 nitrogen and oxygen atoms in total. The Balaban J connectivity index is 1.88. The van der Waals surface area contributed by atoms with E-state index in [0.29, 0.717) is 11.3 Å². The van der Waals surface area contributed by atoms with E-state index in [9.17, 15) is 28.5 Å². The molecule has 0 saturated heterocycles. The van der Waals surface area contributed by atoms with Crippen molar-refractivity contribution in [1.82, 2.24) is 24.5 Å². The van der Waals surface area contributed by atoms with Crippen LogP contribution in [0.3, 0.4) is 0 Å². The summed E-state index contributed by atoms with van der Waals surface area (Å²) >= 11 is 0.770. The molecule has 0 aliphatic carbocycles. The largest absolute Gasteiger partial charge is 0.365 e. The molecule has 1 atom stereocenters. The van der Waals surface area contributed by atoms with Gasteiger partial charge in [-0.25, -0.2) is 13.8 Å². The number of amides is 2. The molecule has 15 heteroatoms. The minimum Gasteiger partial charge on any atom is -0.365 e. The summed E-state index contributed by atoms with van der Waals surface area (Å²) in [6.45, 7) is 3.19. The summed E-state index contributed by atoms with van der Waals surface area (Å²) in [5, 5.41) is 21.8. The maximum Gasteiger partial charge on any atom is 0.307 e. The Morgan fingerprint density at radius 2 is 1.97 bits per heavy atom. The molecule has 0 aliphatic heterocycles. The van der Waals surface area contributed by atoms with Gasteiger partial charge in [-0.15, -0.1) is 11.3 Å². The Morgan fingerprint density at radius 1 is 1.26 bits per heavy atom. The summed E-state index contributed by atoms with van der Waals surface area (Å²) in [6.07, 6.45) is 0.685. The van der Waals surface area contributed by atoms with Crippen molar-refractivity contribution < 1.29 is 23.3 Å². The highest BCUT2D eigenvalue weighted by molar-refractivity contribution is 7.21. The number of aromatic nitrogens is 5. The highest BCUT2D eigenvalue weighted by Crippen LogP contribution is 2.43. The molecule has 2 amide bonds. The molecule has 0 aliphatic rings. The smallest absolute Gasteiger partial charge is 0.307 e. The van der Waals surface area contributed by atoms with Crippen molar-refractivity contribution in [2.24, 2.45) is 12.8 Å². The van der Waals surface area contributed by atoms with Gasteiger partial charge in [0.15, 0.2) is 0 Å². The molecule has 182 valence electrons. The van der Waals surface area contributed by atoms with Crippen LogP contribution in [0.4, 0.5) is 20.2 Å². The standard InChI is InChI=1S/C20H18F2N8O4S/c1-8-12(6-24-28(8)3)11-4-13(17(21)22)26-20-14(11)15(16(35-20)18(23)31)27-19(32)9(2)29-7-10(5-25-29)30(33)34/h4-7,9,17H,1-3H3,(H2,23,31)(H,27,32). The second-order valence-electron chi connectivity index (χ2n) is 7.61. The Labute approximate surface area is 199 Å². The maximum atomic E-state index is 13.6. The van der Waals surface area contributed by atoms with Crippen LogP contribution in [0.25, 0.3) is 21.3 Å². The van der Waals surface area contributed by atoms with E-state index >= 15 is 0 Å². The first-order valence-electron chi connectivity index (χ1n) is 10.0. The summed E-state index contributed by atoms with van der Waals surface area (Å²) < 4.78 is 29.9. The van der Waals surface area contributed by atoms with Crippen molar-refractivity contribution in [2.75, 3.05) is 5.32 Å². The first-order valence-corrected chi connectivity index (χ1v) is 10.8. The van der Waals surface area contributed by atoms with Crippen LogP contribution in [0.1, 0.15) is 40.5 Å². The quantitative estimate of drug-likeness (QED) is 0.288. The van der Waals surface area contributed by atoms with Gasteiger partial charge in [0.25, 0.3) is 12.3 Å². The van der Waals surface area contributed by atoms with Gasteiger partial charge in [0, 0.05) is 23.7 Å². The highest BCUT2D eigenvalue weighted by atomic mass is 32.1. The molecule has 3 N–H and O–H groups in total. The fraction of sp³-hybridized carbons (Fsp3) is 0.250. The third-order valence-corrected chi connectivity index (χ3v) is 6.58. The van der Waals surface area contributed by atoms with Crippen LogP contribution >= 0.6 is 11.3 Å². The average Bonchev–Trinajstić information content (AvgIpc) is 3.51. The van der Waals surface area contributed by atoms with Gasteiger partial charge in [0.1, 0.15) is 33.8 Å². The third-order valence-electron chi connectivity index (χ3n) is 5.48. The molecular formula is C20H18F2N8O4S. The van der Waals surface area contributed by atoms with Gasteiger partial charge >= 0.3 is 5.69 Å². The van der Waals surface area contributed by atoms with Crippen LogP contribution in [0, 0.1) is 17.0 Å². The zero-order valence-electron chi connectivity index (χ0n) is 18.5. The first-order chi connectivity index (χ1) is 16.5. The Bertz CT molecular complexity index is 1490. The van der Waals surface area contributed by atoms with Gasteiger partial charge in [0.05, 0.1) is 16.8 Å². The number of carbonyl (C=O) groups excluding carboxylic acids is 2. The highest BCUT2D eigenvalue weighted by Gasteiger charge is 2.28. The topological polar surface area (TPSA) is 164 Å². The van der Waals surface area contributed by atoms with E-state index < -0.39 is 34.9 Å². The average molecular weight is 504 g/mol. The molecule has 4 aromatic heterocycles. The predicted octanol–water partition coefficient (Wildman–Crippen LogP) is 3.35. The van der Waals surface area contributed by atoms with Gasteiger partial charge in [-0.3, -0.25) is 29.1 Å². The number of alkyl halides is 2. The number of halogens is 2. The lowest BCUT2D eigenvalue weighted by Crippen LogP contribution is -2.25. The van der Waals surface area contributed by atoms with Gasteiger partial charge in [0.2, 0.25) is 5.91 Å². The number of fused-ring (bicyclic) bond motifs is 1. The van der Waals surface area contributed by atoms with Crippen LogP contribution in [0.2, 0.25) is 0 Å². The maximum absolute atomic E-state index is 13.6. The number of nitrogens with one attached hydrogen (secondary N) is 1. The summed E-state index contributed by atoms with van der Waals surface area (Å²) in [6, 6.07) is 0.168. The molecule has 0 radical (unpaired) electrons. The zero-order valence-corrected chi connectivity index (χ0v) is 19.3. The van der Waals surface area contributed by atoms with E-state index in [1.807, 2.05) is 0 Å². The summed E-state index contributed by atoms with van der Waals surface area (Å²) in [7, 11) is 1.68. The number of pyridine rings is 1. The number of nitro groups is 1. The number of nitrogens with two attached hydrogens (primary N) is 1. The summed E-state index contributed by atoms with van der Waals surface area (Å²) in [5.41, 5.74) is 6.16. The number of rotatable bonds is 7. The van der Waals surface area contributed by atoms with Crippen molar-refractivity contribution >= 4 is 44.7 Å². The van der Waals surface area contributed by atoms with E-state index in [4.69, 9.17) is 5.73 Å². The lowest BCUT2D eigenvalue weighted by atomic mass is 10.0. The fourth-order valence-electron chi connectivity index (χ4n) is 3.48. The number of primary amides is 1. The van der Waals surface area contributed by atoms with Gasteiger partial charge in [-0.2, -0.15) is 10.2 Å². The van der Waals surface area contributed by atoms with Crippen molar-refractivity contribution in [2.45, 2.75) is 26.3 Å². The van der Waals surface area contributed by atoms with Crippen molar-refractivity contribution in [3.8, 4) is 11.1 Å². The lowest BCUT2D eigenvalue weighted by Gasteiger charge is -2.14. The number of aryl methyl sites for hydroxylation is 1. The third kappa shape index (κ3) is 4.21. The molecule has 0 saturated carbocycles. The van der Waals surface area contributed by atoms with Gasteiger partial charge < -0.3 is 11.1 Å². The minimum absolute atomic E-state index is 0.00238. The second-order valence-corrected chi connectivity index (χ2v) is 8.61. The van der Waals surface area contributed by atoms with Crippen molar-refractivity contribution in [3.05, 3.63) is 51.0 Å². The van der Waals surface area contributed by atoms with E-state index in [-0.39, 0.29) is 32.0 Å². The summed E-state index contributed by atoms with van der Waals surface area (Å²) in [4.78, 5) is 39.5. The molecule has 0 bridgehead atoms. The molecule has 0 fully saturated rings. The lowest BCUT2D eigenvalue weighted by molar-refractivity contribution is -0.385. The first kappa shape index (κ1) is 23.9. The molecular weight excluding hydrogens is 486 g/mol. The van der Waals surface area contributed by atoms with Crippen molar-refractivity contribution in [1.29, 1.82) is 0 Å². The van der Waals surface area contributed by atoms with Gasteiger partial charge in [-0.05, 0) is 25.5 Å². The van der Waals surface area contributed by atoms with E-state index in [0.717, 1.165) is 28.4 Å². The predicted molar refractivity (Wildman–Crippen MR) is 122 cm³/mol. The van der Waals surface area contributed by atoms with Crippen LogP contribution < -0.4 is 11.1 Å². The molecule has 4 aromatic rings. The monoisotopic (exact) mass is 504 g/mol. The molecule has 35 heavy (non-hydrogen) atoms. The van der Waals surface area contributed by atoms with Crippen LogP contribution in [0.15, 0.2) is 24.7 Å². The number of hydrogen-bond acceptors (Lipinski definition) is 8. The van der Waals surface area contributed by atoms with Crippen molar-refractivity contribution in [3.63, 3.8) is 0 Å². The number of anilines is 1. The van der Waals surface area contributed by atoms with Crippen LogP contribution in [-0.4, -0.2) is 41.3 Å². The number of carbonyl (C=O) groups is 2. The van der Waals surface area contributed by atoms with Gasteiger partial charge in [-0.1, -0.05) is 0 Å². The molecule has 4 heterocycles. The SMILES string of the molecule is Cc1c(-c2cc(C(F)F)nc3sc(C(N)=O)c(NC(=O)C(C)n4cc([N+](=O)[O-])cn4)c23)cnn1C. The molecule has 0 spiro atoms. The number of thiophene rings is 1. The normalized spacial score (nSPS) is 12.3. The van der Waals surface area contributed by atoms with E-state index in [2.05, 4.69) is 20.5 Å². The fourth-order valence-corrected chi connectivity index (χ4v) is 4.49. The Hall–Kier alpha value is -4.27.